The minimum Gasteiger partial charge on any atom is -0.328 e. The van der Waals surface area contributed by atoms with Crippen molar-refractivity contribution in [3.63, 3.8) is 0 Å². The lowest BCUT2D eigenvalue weighted by molar-refractivity contribution is 0.210. The highest BCUT2D eigenvalue weighted by Gasteiger charge is 2.23. The Morgan fingerprint density at radius 1 is 0.900 bits per heavy atom. The number of hydrogen-bond donors (Lipinski definition) is 1. The highest BCUT2D eigenvalue weighted by atomic mass is 14.6. The van der Waals surface area contributed by atoms with Gasteiger partial charge >= 0.3 is 0 Å². The molecule has 0 spiro atoms. The lowest BCUT2D eigenvalue weighted by Gasteiger charge is -2.31. The predicted molar refractivity (Wildman–Crippen MR) is 90.8 cm³/mol. The molecule has 0 heterocycles. The van der Waals surface area contributed by atoms with E-state index in [1.165, 1.54) is 64.2 Å². The van der Waals surface area contributed by atoms with Crippen molar-refractivity contribution < 1.29 is 0 Å². The smallest absolute Gasteiger partial charge is 0.00414 e. The first kappa shape index (κ1) is 18.0. The lowest BCUT2D eigenvalue weighted by Crippen LogP contribution is -2.26. The molecule has 0 aromatic heterocycles. The zero-order valence-corrected chi connectivity index (χ0v) is 14.5. The van der Waals surface area contributed by atoms with Crippen LogP contribution in [-0.4, -0.2) is 6.04 Å². The Bertz CT molecular complexity index is 232. The van der Waals surface area contributed by atoms with Crippen molar-refractivity contribution in [1.82, 2.24) is 0 Å². The van der Waals surface area contributed by atoms with Gasteiger partial charge in [0.2, 0.25) is 0 Å². The molecule has 0 radical (unpaired) electrons. The molecule has 0 saturated heterocycles. The number of rotatable bonds is 11. The molecule has 3 atom stereocenters. The maximum Gasteiger partial charge on any atom is 0.00414 e. The molecule has 1 fully saturated rings. The van der Waals surface area contributed by atoms with Crippen LogP contribution in [0.4, 0.5) is 0 Å². The molecule has 2 N–H and O–H groups in total. The van der Waals surface area contributed by atoms with Crippen LogP contribution >= 0.6 is 0 Å². The minimum atomic E-state index is 0.438. The van der Waals surface area contributed by atoms with E-state index in [2.05, 4.69) is 27.7 Å². The molecule has 3 unspecified atom stereocenters. The molecular weight excluding hydrogens is 242 g/mol. The average molecular weight is 282 g/mol. The highest BCUT2D eigenvalue weighted by molar-refractivity contribution is 4.76. The first-order valence-corrected chi connectivity index (χ1v) is 9.24. The maximum atomic E-state index is 6.33. The van der Waals surface area contributed by atoms with Gasteiger partial charge in [-0.2, -0.15) is 0 Å². The van der Waals surface area contributed by atoms with Gasteiger partial charge in [0.15, 0.2) is 0 Å². The Morgan fingerprint density at radius 2 is 1.55 bits per heavy atom. The van der Waals surface area contributed by atoms with Crippen molar-refractivity contribution in [2.75, 3.05) is 0 Å². The summed E-state index contributed by atoms with van der Waals surface area (Å²) < 4.78 is 0. The predicted octanol–water partition coefficient (Wildman–Crippen LogP) is 5.77. The van der Waals surface area contributed by atoms with E-state index in [0.717, 1.165) is 23.7 Å². The second-order valence-electron chi connectivity index (χ2n) is 8.01. The van der Waals surface area contributed by atoms with E-state index >= 15 is 0 Å². The molecular formula is C19H39N. The zero-order valence-electron chi connectivity index (χ0n) is 14.5. The van der Waals surface area contributed by atoms with Gasteiger partial charge in [-0.05, 0) is 42.9 Å². The van der Waals surface area contributed by atoms with Crippen LogP contribution in [0.2, 0.25) is 0 Å². The van der Waals surface area contributed by atoms with Crippen LogP contribution in [-0.2, 0) is 0 Å². The van der Waals surface area contributed by atoms with Crippen molar-refractivity contribution in [3.8, 4) is 0 Å². The van der Waals surface area contributed by atoms with Gasteiger partial charge in [0, 0.05) is 6.04 Å². The fraction of sp³-hybridized carbons (Fsp3) is 1.00. The average Bonchev–Trinajstić information content (AvgIpc) is 2.32. The van der Waals surface area contributed by atoms with E-state index in [-0.39, 0.29) is 0 Å². The van der Waals surface area contributed by atoms with Crippen LogP contribution in [0.15, 0.2) is 0 Å². The minimum absolute atomic E-state index is 0.438. The van der Waals surface area contributed by atoms with Crippen LogP contribution in [0.5, 0.6) is 0 Å². The Balaban J connectivity index is 2.03. The van der Waals surface area contributed by atoms with E-state index in [9.17, 15) is 0 Å². The van der Waals surface area contributed by atoms with Crippen LogP contribution < -0.4 is 5.73 Å². The summed E-state index contributed by atoms with van der Waals surface area (Å²) in [6, 6.07) is 0.438. The van der Waals surface area contributed by atoms with Gasteiger partial charge in [-0.25, -0.2) is 0 Å². The summed E-state index contributed by atoms with van der Waals surface area (Å²) in [6.07, 6.45) is 13.8. The maximum absolute atomic E-state index is 6.33. The van der Waals surface area contributed by atoms with E-state index in [4.69, 9.17) is 5.73 Å². The van der Waals surface area contributed by atoms with Crippen molar-refractivity contribution in [1.29, 1.82) is 0 Å². The van der Waals surface area contributed by atoms with Crippen LogP contribution in [0, 0.1) is 23.7 Å². The topological polar surface area (TPSA) is 26.0 Å². The van der Waals surface area contributed by atoms with Crippen molar-refractivity contribution in [2.45, 2.75) is 97.9 Å². The largest absolute Gasteiger partial charge is 0.328 e. The summed E-state index contributed by atoms with van der Waals surface area (Å²) in [6.45, 7) is 9.49. The molecule has 0 amide bonds. The Hall–Kier alpha value is -0.0400. The fourth-order valence-electron chi connectivity index (χ4n) is 3.45. The summed E-state index contributed by atoms with van der Waals surface area (Å²) in [4.78, 5) is 0. The van der Waals surface area contributed by atoms with Gasteiger partial charge in [-0.1, -0.05) is 72.6 Å². The summed E-state index contributed by atoms with van der Waals surface area (Å²) in [5.74, 6) is 3.57. The lowest BCUT2D eigenvalue weighted by atomic mass is 9.75. The van der Waals surface area contributed by atoms with E-state index in [0.29, 0.717) is 6.04 Å². The second-order valence-corrected chi connectivity index (χ2v) is 8.01. The van der Waals surface area contributed by atoms with E-state index in [1.807, 2.05) is 0 Å². The SMILES string of the molecule is CC(C)CCCCCC(N)CC(C)C(C)CC1CCC1. The van der Waals surface area contributed by atoms with E-state index in [1.54, 1.807) is 0 Å². The summed E-state index contributed by atoms with van der Waals surface area (Å²) in [5, 5.41) is 0. The molecule has 0 aromatic rings. The number of hydrogen-bond acceptors (Lipinski definition) is 1. The molecule has 1 saturated carbocycles. The number of nitrogens with two attached hydrogens (primary N) is 1. The third-order valence-corrected chi connectivity index (χ3v) is 5.43. The van der Waals surface area contributed by atoms with Crippen LogP contribution in [0.3, 0.4) is 0 Å². The third-order valence-electron chi connectivity index (χ3n) is 5.43. The molecule has 0 aromatic carbocycles. The third kappa shape index (κ3) is 7.67. The molecule has 1 aliphatic rings. The summed E-state index contributed by atoms with van der Waals surface area (Å²) in [7, 11) is 0. The molecule has 1 heteroatoms. The van der Waals surface area contributed by atoms with Gasteiger partial charge < -0.3 is 5.73 Å². The van der Waals surface area contributed by atoms with Crippen LogP contribution in [0.25, 0.3) is 0 Å². The highest BCUT2D eigenvalue weighted by Crippen LogP contribution is 2.35. The molecule has 0 aliphatic heterocycles. The summed E-state index contributed by atoms with van der Waals surface area (Å²) >= 11 is 0. The molecule has 0 bridgehead atoms. The molecule has 20 heavy (non-hydrogen) atoms. The molecule has 120 valence electrons. The monoisotopic (exact) mass is 281 g/mol. The Morgan fingerprint density at radius 3 is 2.10 bits per heavy atom. The first-order valence-electron chi connectivity index (χ1n) is 9.24. The van der Waals surface area contributed by atoms with Gasteiger partial charge in [0.25, 0.3) is 0 Å². The Kier molecular flexibility index (Phi) is 8.84. The van der Waals surface area contributed by atoms with Crippen molar-refractivity contribution >= 4 is 0 Å². The van der Waals surface area contributed by atoms with Gasteiger partial charge in [-0.3, -0.25) is 0 Å². The van der Waals surface area contributed by atoms with Crippen LogP contribution in [0.1, 0.15) is 91.9 Å². The normalized spacial score (nSPS) is 20.7. The standard InChI is InChI=1S/C19H39N/c1-15(2)9-6-5-7-12-19(20)14-17(4)16(3)13-18-10-8-11-18/h15-19H,5-14,20H2,1-4H3. The zero-order chi connectivity index (χ0) is 15.0. The van der Waals surface area contributed by atoms with Gasteiger partial charge in [-0.15, -0.1) is 0 Å². The number of unbranched alkanes of at least 4 members (excludes halogenated alkanes) is 2. The second kappa shape index (κ2) is 9.82. The molecule has 1 nitrogen and oxygen atoms in total. The van der Waals surface area contributed by atoms with E-state index < -0.39 is 0 Å². The van der Waals surface area contributed by atoms with Crippen molar-refractivity contribution in [2.24, 2.45) is 29.4 Å². The quantitative estimate of drug-likeness (QED) is 0.478. The molecule has 1 aliphatic carbocycles. The van der Waals surface area contributed by atoms with Crippen molar-refractivity contribution in [3.05, 3.63) is 0 Å². The fourth-order valence-corrected chi connectivity index (χ4v) is 3.45. The van der Waals surface area contributed by atoms with Gasteiger partial charge in [0.1, 0.15) is 0 Å². The van der Waals surface area contributed by atoms with Gasteiger partial charge in [0.05, 0.1) is 0 Å². The molecule has 1 rings (SSSR count). The Labute approximate surface area is 128 Å². The first-order chi connectivity index (χ1) is 9.49. The summed E-state index contributed by atoms with van der Waals surface area (Å²) in [5.41, 5.74) is 6.33.